The number of ether oxygens (including phenoxy) is 1. The summed E-state index contributed by atoms with van der Waals surface area (Å²) in [6, 6.07) is 7.67. The third kappa shape index (κ3) is 4.31. The lowest BCUT2D eigenvalue weighted by Gasteiger charge is -2.19. The highest BCUT2D eigenvalue weighted by molar-refractivity contribution is 7.12. The topological polar surface area (TPSA) is 29.5 Å². The smallest absolute Gasteiger partial charge is 0.263 e. The van der Waals surface area contributed by atoms with E-state index in [9.17, 15) is 4.79 Å². The Morgan fingerprint density at radius 3 is 2.71 bits per heavy atom. The summed E-state index contributed by atoms with van der Waals surface area (Å²) >= 11 is 7.65. The van der Waals surface area contributed by atoms with E-state index in [0.717, 1.165) is 41.9 Å². The first kappa shape index (κ1) is 17.3. The third-order valence-electron chi connectivity index (χ3n) is 4.24. The van der Waals surface area contributed by atoms with Crippen LogP contribution in [0.3, 0.4) is 0 Å². The number of amides is 1. The van der Waals surface area contributed by atoms with E-state index in [1.807, 2.05) is 41.5 Å². The van der Waals surface area contributed by atoms with Crippen LogP contribution in [0.25, 0.3) is 0 Å². The largest absolute Gasteiger partial charge is 0.487 e. The fourth-order valence-corrected chi connectivity index (χ4v) is 3.91. The van der Waals surface area contributed by atoms with Gasteiger partial charge < -0.3 is 9.64 Å². The van der Waals surface area contributed by atoms with Crippen LogP contribution in [0.5, 0.6) is 5.75 Å². The van der Waals surface area contributed by atoms with Crippen LogP contribution in [-0.2, 0) is 6.61 Å². The lowest BCUT2D eigenvalue weighted by molar-refractivity contribution is 0.0766. The molecule has 3 nitrogen and oxygen atoms in total. The quantitative estimate of drug-likeness (QED) is 0.737. The van der Waals surface area contributed by atoms with Gasteiger partial charge in [0, 0.05) is 18.7 Å². The van der Waals surface area contributed by atoms with E-state index in [2.05, 4.69) is 0 Å². The highest BCUT2D eigenvalue weighted by Crippen LogP contribution is 2.27. The first-order valence-electron chi connectivity index (χ1n) is 8.39. The predicted molar refractivity (Wildman–Crippen MR) is 99.2 cm³/mol. The minimum atomic E-state index is 0.154. The summed E-state index contributed by atoms with van der Waals surface area (Å²) in [5, 5.41) is 2.60. The molecule has 1 aromatic heterocycles. The Morgan fingerprint density at radius 2 is 1.96 bits per heavy atom. The van der Waals surface area contributed by atoms with Crippen molar-refractivity contribution in [1.29, 1.82) is 0 Å². The zero-order valence-corrected chi connectivity index (χ0v) is 15.5. The fraction of sp³-hybridized carbons (Fsp3) is 0.421. The van der Waals surface area contributed by atoms with Gasteiger partial charge in [0.15, 0.2) is 0 Å². The van der Waals surface area contributed by atoms with Gasteiger partial charge in [-0.15, -0.1) is 11.3 Å². The molecule has 0 N–H and O–H groups in total. The third-order valence-corrected chi connectivity index (χ3v) is 5.52. The van der Waals surface area contributed by atoms with Gasteiger partial charge in [0.2, 0.25) is 0 Å². The fourth-order valence-electron chi connectivity index (χ4n) is 2.88. The minimum Gasteiger partial charge on any atom is -0.487 e. The number of benzene rings is 1. The standard InChI is InChI=1S/C19H22ClNO2S/c1-14-6-7-16(20)17(10-14)23-12-15-11-18(24-13-15)19(22)21-8-4-2-3-5-9-21/h6-7,10-11,13H,2-5,8-9,12H2,1H3. The number of thiophene rings is 1. The molecule has 2 heterocycles. The van der Waals surface area contributed by atoms with Gasteiger partial charge in [-0.2, -0.15) is 0 Å². The number of carbonyl (C=O) groups is 1. The molecule has 0 unspecified atom stereocenters. The molecule has 24 heavy (non-hydrogen) atoms. The van der Waals surface area contributed by atoms with Crippen molar-refractivity contribution in [3.05, 3.63) is 50.7 Å². The SMILES string of the molecule is Cc1ccc(Cl)c(OCc2csc(C(=O)N3CCCCCC3)c2)c1. The molecule has 1 fully saturated rings. The molecule has 1 aromatic carbocycles. The molecule has 1 amide bonds. The zero-order valence-electron chi connectivity index (χ0n) is 13.9. The van der Waals surface area contributed by atoms with Crippen LogP contribution in [-0.4, -0.2) is 23.9 Å². The highest BCUT2D eigenvalue weighted by Gasteiger charge is 2.19. The number of halogens is 1. The summed E-state index contributed by atoms with van der Waals surface area (Å²) in [4.78, 5) is 15.4. The molecule has 3 rings (SSSR count). The van der Waals surface area contributed by atoms with Crippen LogP contribution in [0.2, 0.25) is 5.02 Å². The molecule has 0 saturated carbocycles. The molecule has 1 aliphatic rings. The summed E-state index contributed by atoms with van der Waals surface area (Å²) in [6.07, 6.45) is 4.67. The molecule has 128 valence electrons. The predicted octanol–water partition coefficient (Wildman–Crippen LogP) is 5.31. The van der Waals surface area contributed by atoms with Gasteiger partial charge in [-0.05, 0) is 48.9 Å². The van der Waals surface area contributed by atoms with Gasteiger partial charge in [0.05, 0.1) is 9.90 Å². The lowest BCUT2D eigenvalue weighted by Crippen LogP contribution is -2.31. The maximum atomic E-state index is 12.6. The number of likely N-dealkylation sites (tertiary alicyclic amines) is 1. The van der Waals surface area contributed by atoms with Crippen molar-refractivity contribution < 1.29 is 9.53 Å². The molecule has 0 atom stereocenters. The van der Waals surface area contributed by atoms with E-state index in [1.54, 1.807) is 0 Å². The van der Waals surface area contributed by atoms with Crippen molar-refractivity contribution in [2.75, 3.05) is 13.1 Å². The molecule has 0 spiro atoms. The van der Waals surface area contributed by atoms with Crippen molar-refractivity contribution in [2.24, 2.45) is 0 Å². The molecular weight excluding hydrogens is 342 g/mol. The van der Waals surface area contributed by atoms with Gasteiger partial charge in [0.25, 0.3) is 5.91 Å². The summed E-state index contributed by atoms with van der Waals surface area (Å²) in [7, 11) is 0. The van der Waals surface area contributed by atoms with E-state index in [4.69, 9.17) is 16.3 Å². The molecule has 0 radical (unpaired) electrons. The molecule has 2 aromatic rings. The molecule has 0 bridgehead atoms. The Balaban J connectivity index is 1.62. The van der Waals surface area contributed by atoms with Gasteiger partial charge in [-0.3, -0.25) is 4.79 Å². The van der Waals surface area contributed by atoms with Gasteiger partial charge in [-0.25, -0.2) is 0 Å². The maximum absolute atomic E-state index is 12.6. The van der Waals surface area contributed by atoms with Crippen LogP contribution in [0, 0.1) is 6.92 Å². The summed E-state index contributed by atoms with van der Waals surface area (Å²) in [5.41, 5.74) is 2.12. The Kier molecular flexibility index (Phi) is 5.80. The Labute approximate surface area is 152 Å². The lowest BCUT2D eigenvalue weighted by atomic mass is 10.2. The van der Waals surface area contributed by atoms with Crippen LogP contribution in [0.1, 0.15) is 46.5 Å². The summed E-state index contributed by atoms with van der Waals surface area (Å²) in [6.45, 7) is 4.18. The normalized spacial score (nSPS) is 15.2. The maximum Gasteiger partial charge on any atom is 0.263 e. The van der Waals surface area contributed by atoms with E-state index in [0.29, 0.717) is 17.4 Å². The second-order valence-corrected chi connectivity index (χ2v) is 7.57. The second-order valence-electron chi connectivity index (χ2n) is 6.25. The molecule has 1 aliphatic heterocycles. The second kappa shape index (κ2) is 8.04. The monoisotopic (exact) mass is 363 g/mol. The average Bonchev–Trinajstić information content (AvgIpc) is 2.88. The summed E-state index contributed by atoms with van der Waals surface area (Å²) in [5.74, 6) is 0.838. The Bertz CT molecular complexity index is 705. The van der Waals surface area contributed by atoms with E-state index >= 15 is 0 Å². The highest BCUT2D eigenvalue weighted by atomic mass is 35.5. The number of rotatable bonds is 4. The van der Waals surface area contributed by atoms with Crippen molar-refractivity contribution in [3.63, 3.8) is 0 Å². The minimum absolute atomic E-state index is 0.154. The average molecular weight is 364 g/mol. The van der Waals surface area contributed by atoms with Crippen LogP contribution >= 0.6 is 22.9 Å². The van der Waals surface area contributed by atoms with Gasteiger partial charge in [-0.1, -0.05) is 30.5 Å². The van der Waals surface area contributed by atoms with Crippen molar-refractivity contribution >= 4 is 28.8 Å². The Hall–Kier alpha value is -1.52. The number of hydrogen-bond acceptors (Lipinski definition) is 3. The van der Waals surface area contributed by atoms with E-state index in [-0.39, 0.29) is 5.91 Å². The number of hydrogen-bond donors (Lipinski definition) is 0. The van der Waals surface area contributed by atoms with Crippen molar-refractivity contribution in [1.82, 2.24) is 4.90 Å². The first-order chi connectivity index (χ1) is 11.6. The van der Waals surface area contributed by atoms with Crippen molar-refractivity contribution in [2.45, 2.75) is 39.2 Å². The number of nitrogens with zero attached hydrogens (tertiary/aromatic N) is 1. The Morgan fingerprint density at radius 1 is 1.21 bits per heavy atom. The van der Waals surface area contributed by atoms with Crippen LogP contribution in [0.4, 0.5) is 0 Å². The van der Waals surface area contributed by atoms with Crippen LogP contribution < -0.4 is 4.74 Å². The number of carbonyl (C=O) groups excluding carboxylic acids is 1. The summed E-state index contributed by atoms with van der Waals surface area (Å²) < 4.78 is 5.81. The van der Waals surface area contributed by atoms with E-state index in [1.165, 1.54) is 24.2 Å². The first-order valence-corrected chi connectivity index (χ1v) is 9.65. The number of aryl methyl sites for hydroxylation is 1. The molecule has 0 aliphatic carbocycles. The molecular formula is C19H22ClNO2S. The molecule has 1 saturated heterocycles. The molecule has 5 heteroatoms. The van der Waals surface area contributed by atoms with Crippen LogP contribution in [0.15, 0.2) is 29.6 Å². The van der Waals surface area contributed by atoms with E-state index < -0.39 is 0 Å². The van der Waals surface area contributed by atoms with Crippen molar-refractivity contribution in [3.8, 4) is 5.75 Å². The zero-order chi connectivity index (χ0) is 16.9. The van der Waals surface area contributed by atoms with Gasteiger partial charge >= 0.3 is 0 Å². The van der Waals surface area contributed by atoms with Gasteiger partial charge in [0.1, 0.15) is 12.4 Å².